The van der Waals surface area contributed by atoms with E-state index in [1.54, 1.807) is 6.08 Å². The van der Waals surface area contributed by atoms with Crippen LogP contribution in [0.1, 0.15) is 5.56 Å². The zero-order valence-corrected chi connectivity index (χ0v) is 11.0. The molecule has 0 unspecified atom stereocenters. The summed E-state index contributed by atoms with van der Waals surface area (Å²) >= 11 is 3.32. The number of halogens is 1. The van der Waals surface area contributed by atoms with Crippen molar-refractivity contribution in [2.45, 2.75) is 12.2 Å². The Kier molecular flexibility index (Phi) is 2.91. The number of fused-ring (bicyclic) bond motifs is 2. The predicted octanol–water partition coefficient (Wildman–Crippen LogP) is 2.59. The van der Waals surface area contributed by atoms with Gasteiger partial charge in [-0.25, -0.2) is 0 Å². The molecule has 0 radical (unpaired) electrons. The Morgan fingerprint density at radius 2 is 1.78 bits per heavy atom. The van der Waals surface area contributed by atoms with Crippen LogP contribution in [0.15, 0.2) is 52.5 Å². The maximum atomic E-state index is 11.9. The molecule has 0 saturated carbocycles. The summed E-state index contributed by atoms with van der Waals surface area (Å²) in [5.74, 6) is 6.02. The molecular formula is C15H9BrO2. The van der Waals surface area contributed by atoms with Crippen LogP contribution < -0.4 is 0 Å². The SMILES string of the molecule is O=C1C(Br)=C(C#Cc2ccccc2)[C@H]2C=C[C@@H]1O2. The van der Waals surface area contributed by atoms with Gasteiger partial charge in [-0.05, 0) is 34.1 Å². The third-order valence-electron chi connectivity index (χ3n) is 2.86. The van der Waals surface area contributed by atoms with Crippen molar-refractivity contribution < 1.29 is 9.53 Å². The molecule has 1 aromatic carbocycles. The summed E-state index contributed by atoms with van der Waals surface area (Å²) < 4.78 is 6.07. The Balaban J connectivity index is 1.98. The van der Waals surface area contributed by atoms with Gasteiger partial charge in [0, 0.05) is 5.56 Å². The second-order valence-corrected chi connectivity index (χ2v) is 4.86. The molecule has 2 aliphatic rings. The van der Waals surface area contributed by atoms with Crippen molar-refractivity contribution in [3.63, 3.8) is 0 Å². The molecule has 1 aromatic rings. The molecule has 2 heterocycles. The summed E-state index contributed by atoms with van der Waals surface area (Å²) in [4.78, 5) is 11.9. The lowest BCUT2D eigenvalue weighted by molar-refractivity contribution is -0.124. The summed E-state index contributed by atoms with van der Waals surface area (Å²) in [6, 6.07) is 9.67. The number of benzene rings is 1. The maximum absolute atomic E-state index is 11.9. The highest BCUT2D eigenvalue weighted by molar-refractivity contribution is 9.12. The molecule has 0 spiro atoms. The number of ether oxygens (including phenoxy) is 1. The smallest absolute Gasteiger partial charge is 0.203 e. The van der Waals surface area contributed by atoms with Crippen LogP contribution in [0.5, 0.6) is 0 Å². The molecule has 0 aromatic heterocycles. The third-order valence-corrected chi connectivity index (χ3v) is 3.68. The summed E-state index contributed by atoms with van der Waals surface area (Å²) in [7, 11) is 0. The van der Waals surface area contributed by atoms with Crippen LogP contribution in [0.4, 0.5) is 0 Å². The average molecular weight is 301 g/mol. The van der Waals surface area contributed by atoms with Crippen LogP contribution in [-0.4, -0.2) is 18.0 Å². The molecular weight excluding hydrogens is 292 g/mol. The van der Waals surface area contributed by atoms with Gasteiger partial charge in [0.25, 0.3) is 0 Å². The molecule has 18 heavy (non-hydrogen) atoms. The van der Waals surface area contributed by atoms with E-state index in [1.807, 2.05) is 36.4 Å². The number of Topliss-reactive ketones (excluding diaryl/α,β-unsaturated/α-hetero) is 1. The van der Waals surface area contributed by atoms with Gasteiger partial charge in [-0.3, -0.25) is 4.79 Å². The first-order valence-corrected chi connectivity index (χ1v) is 6.40. The molecule has 2 nitrogen and oxygen atoms in total. The monoisotopic (exact) mass is 300 g/mol. The number of carbonyl (C=O) groups excluding carboxylic acids is 1. The van der Waals surface area contributed by atoms with E-state index in [-0.39, 0.29) is 11.9 Å². The standard InChI is InChI=1S/C15H9BrO2/c16-14-11(7-6-10-4-2-1-3-5-10)12-8-9-13(18-12)15(14)17/h1-5,8-9,12-13H/t12-,13+/m1/s1. The molecule has 2 atom stereocenters. The number of hydrogen-bond donors (Lipinski definition) is 0. The van der Waals surface area contributed by atoms with Crippen molar-refractivity contribution in [1.82, 2.24) is 0 Å². The lowest BCUT2D eigenvalue weighted by Crippen LogP contribution is -2.29. The van der Waals surface area contributed by atoms with Gasteiger partial charge in [-0.15, -0.1) is 0 Å². The van der Waals surface area contributed by atoms with E-state index in [0.717, 1.165) is 5.56 Å². The fourth-order valence-electron chi connectivity index (χ4n) is 1.93. The van der Waals surface area contributed by atoms with E-state index in [0.29, 0.717) is 10.1 Å². The molecule has 2 bridgehead atoms. The van der Waals surface area contributed by atoms with E-state index >= 15 is 0 Å². The van der Waals surface area contributed by atoms with Gasteiger partial charge in [0.15, 0.2) is 0 Å². The van der Waals surface area contributed by atoms with Gasteiger partial charge in [-0.2, -0.15) is 0 Å². The van der Waals surface area contributed by atoms with Crippen LogP contribution >= 0.6 is 15.9 Å². The number of hydrogen-bond acceptors (Lipinski definition) is 2. The van der Waals surface area contributed by atoms with Crippen molar-refractivity contribution in [1.29, 1.82) is 0 Å². The lowest BCUT2D eigenvalue weighted by Gasteiger charge is -2.20. The van der Waals surface area contributed by atoms with Crippen molar-refractivity contribution in [2.24, 2.45) is 0 Å². The molecule has 3 heteroatoms. The Morgan fingerprint density at radius 3 is 2.56 bits per heavy atom. The molecule has 0 fully saturated rings. The summed E-state index contributed by atoms with van der Waals surface area (Å²) in [6.07, 6.45) is 3.03. The quantitative estimate of drug-likeness (QED) is 0.544. The maximum Gasteiger partial charge on any atom is 0.203 e. The van der Waals surface area contributed by atoms with Gasteiger partial charge in [0.05, 0.1) is 10.1 Å². The predicted molar refractivity (Wildman–Crippen MR) is 72.1 cm³/mol. The zero-order chi connectivity index (χ0) is 12.5. The summed E-state index contributed by atoms with van der Waals surface area (Å²) in [5, 5.41) is 0. The van der Waals surface area contributed by atoms with E-state index in [9.17, 15) is 4.79 Å². The summed E-state index contributed by atoms with van der Waals surface area (Å²) in [6.45, 7) is 0. The van der Waals surface area contributed by atoms with E-state index in [4.69, 9.17) is 4.74 Å². The number of rotatable bonds is 0. The first kappa shape index (κ1) is 11.5. The van der Waals surface area contributed by atoms with Crippen LogP contribution in [0, 0.1) is 11.8 Å². The second-order valence-electron chi connectivity index (χ2n) is 4.07. The fourth-order valence-corrected chi connectivity index (χ4v) is 2.48. The molecule has 0 N–H and O–H groups in total. The molecule has 0 aliphatic carbocycles. The molecule has 88 valence electrons. The first-order chi connectivity index (χ1) is 8.75. The average Bonchev–Trinajstić information content (AvgIpc) is 2.84. The highest BCUT2D eigenvalue weighted by atomic mass is 79.9. The lowest BCUT2D eigenvalue weighted by atomic mass is 10.1. The normalized spacial score (nSPS) is 25.1. The van der Waals surface area contributed by atoms with Crippen LogP contribution in [-0.2, 0) is 9.53 Å². The Labute approximate surface area is 113 Å². The van der Waals surface area contributed by atoms with Gasteiger partial charge in [-0.1, -0.05) is 36.1 Å². The zero-order valence-electron chi connectivity index (χ0n) is 9.39. The van der Waals surface area contributed by atoms with E-state index in [2.05, 4.69) is 27.8 Å². The highest BCUT2D eigenvalue weighted by Gasteiger charge is 2.36. The highest BCUT2D eigenvalue weighted by Crippen LogP contribution is 2.32. The van der Waals surface area contributed by atoms with Crippen molar-refractivity contribution in [2.75, 3.05) is 0 Å². The van der Waals surface area contributed by atoms with Crippen molar-refractivity contribution in [3.05, 3.63) is 58.1 Å². The van der Waals surface area contributed by atoms with Crippen LogP contribution in [0.3, 0.4) is 0 Å². The molecule has 0 amide bonds. The minimum absolute atomic E-state index is 0.0580. The molecule has 3 rings (SSSR count). The van der Waals surface area contributed by atoms with Crippen LogP contribution in [0.2, 0.25) is 0 Å². The van der Waals surface area contributed by atoms with Gasteiger partial charge < -0.3 is 4.74 Å². The minimum Gasteiger partial charge on any atom is -0.353 e. The number of carbonyl (C=O) groups is 1. The molecule has 2 aliphatic heterocycles. The van der Waals surface area contributed by atoms with Crippen molar-refractivity contribution in [3.8, 4) is 11.8 Å². The van der Waals surface area contributed by atoms with Gasteiger partial charge in [0.1, 0.15) is 12.2 Å². The molecule has 0 saturated heterocycles. The first-order valence-electron chi connectivity index (χ1n) is 5.60. The van der Waals surface area contributed by atoms with Gasteiger partial charge >= 0.3 is 0 Å². The van der Waals surface area contributed by atoms with Crippen LogP contribution in [0.25, 0.3) is 0 Å². The summed E-state index contributed by atoms with van der Waals surface area (Å²) in [5.41, 5.74) is 1.62. The second kappa shape index (κ2) is 4.56. The van der Waals surface area contributed by atoms with E-state index in [1.165, 1.54) is 0 Å². The van der Waals surface area contributed by atoms with Gasteiger partial charge in [0.2, 0.25) is 5.78 Å². The third kappa shape index (κ3) is 1.94. The fraction of sp³-hybridized carbons (Fsp3) is 0.133. The number of ketones is 1. The Bertz CT molecular complexity index is 617. The van der Waals surface area contributed by atoms with E-state index < -0.39 is 6.10 Å². The minimum atomic E-state index is -0.438. The Hall–Kier alpha value is -1.63. The Morgan fingerprint density at radius 1 is 1.06 bits per heavy atom. The largest absolute Gasteiger partial charge is 0.353 e. The van der Waals surface area contributed by atoms with Crippen molar-refractivity contribution >= 4 is 21.7 Å². The topological polar surface area (TPSA) is 26.3 Å².